The molecule has 1 aromatic heterocycles. The molecular weight excluding hydrogens is 348 g/mol. The van der Waals surface area contributed by atoms with E-state index in [1.54, 1.807) is 25.1 Å². The molecule has 1 N–H and O–H groups in total. The highest BCUT2D eigenvalue weighted by atomic mass is 35.5. The summed E-state index contributed by atoms with van der Waals surface area (Å²) < 4.78 is 4.93. The van der Waals surface area contributed by atoms with E-state index in [-0.39, 0.29) is 17.5 Å². The maximum Gasteiger partial charge on any atom is 0.294 e. The van der Waals surface area contributed by atoms with Crippen LogP contribution in [-0.2, 0) is 4.79 Å². The number of rotatable bonds is 4. The molecule has 0 atom stereocenters. The van der Waals surface area contributed by atoms with Crippen molar-refractivity contribution in [1.82, 2.24) is 5.16 Å². The lowest BCUT2D eigenvalue weighted by molar-refractivity contribution is -0.384. The van der Waals surface area contributed by atoms with Crippen molar-refractivity contribution in [2.45, 2.75) is 19.8 Å². The standard InChI is InChI=1S/C16H17ClN4O4/c1-10-8-15(19-25-10)18-16(22)11-4-6-20(7-5-11)13-3-2-12(17)9-14(13)21(23)24/h2-3,8-9,11H,4-7H2,1H3,(H,18,19,22). The lowest BCUT2D eigenvalue weighted by atomic mass is 9.95. The lowest BCUT2D eigenvalue weighted by Gasteiger charge is -2.32. The number of nitrogens with zero attached hydrogens (tertiary/aromatic N) is 3. The Morgan fingerprint density at radius 3 is 2.72 bits per heavy atom. The zero-order chi connectivity index (χ0) is 18.0. The molecule has 0 radical (unpaired) electrons. The van der Waals surface area contributed by atoms with Crippen LogP contribution in [0, 0.1) is 23.0 Å². The van der Waals surface area contributed by atoms with Gasteiger partial charge in [0.15, 0.2) is 5.82 Å². The number of hydrogen-bond donors (Lipinski definition) is 1. The van der Waals surface area contributed by atoms with E-state index >= 15 is 0 Å². The van der Waals surface area contributed by atoms with Crippen LogP contribution in [0.1, 0.15) is 18.6 Å². The third kappa shape index (κ3) is 3.90. The molecular formula is C16H17ClN4O4. The highest BCUT2D eigenvalue weighted by molar-refractivity contribution is 6.30. The van der Waals surface area contributed by atoms with Crippen molar-refractivity contribution in [3.8, 4) is 0 Å². The quantitative estimate of drug-likeness (QED) is 0.659. The van der Waals surface area contributed by atoms with E-state index in [4.69, 9.17) is 16.1 Å². The van der Waals surface area contributed by atoms with Gasteiger partial charge < -0.3 is 14.7 Å². The fourth-order valence-corrected chi connectivity index (χ4v) is 3.11. The minimum absolute atomic E-state index is 0.0199. The maximum absolute atomic E-state index is 12.3. The average Bonchev–Trinajstić information content (AvgIpc) is 2.99. The van der Waals surface area contributed by atoms with Gasteiger partial charge in [-0.3, -0.25) is 14.9 Å². The van der Waals surface area contributed by atoms with E-state index in [9.17, 15) is 14.9 Å². The Hall–Kier alpha value is -2.61. The van der Waals surface area contributed by atoms with Gasteiger partial charge in [0.2, 0.25) is 5.91 Å². The van der Waals surface area contributed by atoms with Gasteiger partial charge in [0, 0.05) is 36.2 Å². The summed E-state index contributed by atoms with van der Waals surface area (Å²) in [6.07, 6.45) is 1.20. The van der Waals surface area contributed by atoms with Crippen LogP contribution >= 0.6 is 11.6 Å². The fraction of sp³-hybridized carbons (Fsp3) is 0.375. The third-order valence-electron chi connectivity index (χ3n) is 4.22. The maximum atomic E-state index is 12.3. The first-order valence-electron chi connectivity index (χ1n) is 7.87. The number of benzene rings is 1. The SMILES string of the molecule is Cc1cc(NC(=O)C2CCN(c3ccc(Cl)cc3[N+](=O)[O-])CC2)no1. The van der Waals surface area contributed by atoms with Crippen molar-refractivity contribution in [2.24, 2.45) is 5.92 Å². The Morgan fingerprint density at radius 2 is 2.12 bits per heavy atom. The monoisotopic (exact) mass is 364 g/mol. The van der Waals surface area contributed by atoms with Gasteiger partial charge in [0.1, 0.15) is 11.4 Å². The predicted molar refractivity (Wildman–Crippen MR) is 92.9 cm³/mol. The number of halogens is 1. The minimum atomic E-state index is -0.438. The molecule has 132 valence electrons. The zero-order valence-electron chi connectivity index (χ0n) is 13.6. The van der Waals surface area contributed by atoms with E-state index in [1.165, 1.54) is 6.07 Å². The number of carbonyl (C=O) groups excluding carboxylic acids is 1. The molecule has 1 fully saturated rings. The summed E-state index contributed by atoms with van der Waals surface area (Å²) in [4.78, 5) is 25.0. The van der Waals surface area contributed by atoms with Crippen molar-refractivity contribution in [2.75, 3.05) is 23.3 Å². The van der Waals surface area contributed by atoms with Crippen molar-refractivity contribution in [3.63, 3.8) is 0 Å². The number of nitro groups is 1. The first-order valence-corrected chi connectivity index (χ1v) is 8.25. The van der Waals surface area contributed by atoms with Crippen molar-refractivity contribution >= 4 is 34.7 Å². The summed E-state index contributed by atoms with van der Waals surface area (Å²) >= 11 is 5.85. The van der Waals surface area contributed by atoms with Crippen LogP contribution < -0.4 is 10.2 Å². The highest BCUT2D eigenvalue weighted by Gasteiger charge is 2.28. The number of nitrogens with one attached hydrogen (secondary N) is 1. The van der Waals surface area contributed by atoms with Gasteiger partial charge in [-0.15, -0.1) is 0 Å². The highest BCUT2D eigenvalue weighted by Crippen LogP contribution is 2.33. The number of piperidine rings is 1. The van der Waals surface area contributed by atoms with Gasteiger partial charge in [-0.2, -0.15) is 0 Å². The summed E-state index contributed by atoms with van der Waals surface area (Å²) in [5.74, 6) is 0.747. The Morgan fingerprint density at radius 1 is 1.40 bits per heavy atom. The summed E-state index contributed by atoms with van der Waals surface area (Å²) in [7, 11) is 0. The number of carbonyl (C=O) groups is 1. The Bertz CT molecular complexity index is 799. The second kappa shape index (κ2) is 7.10. The second-order valence-corrected chi connectivity index (χ2v) is 6.40. The summed E-state index contributed by atoms with van der Waals surface area (Å²) in [5, 5.41) is 18.0. The van der Waals surface area contributed by atoms with Crippen LogP contribution in [0.25, 0.3) is 0 Å². The number of aromatic nitrogens is 1. The largest absolute Gasteiger partial charge is 0.366 e. The van der Waals surface area contributed by atoms with E-state index in [0.717, 1.165) is 0 Å². The van der Waals surface area contributed by atoms with Crippen LogP contribution in [0.15, 0.2) is 28.8 Å². The van der Waals surface area contributed by atoms with Gasteiger partial charge in [0.25, 0.3) is 5.69 Å². The third-order valence-corrected chi connectivity index (χ3v) is 4.45. The molecule has 9 heteroatoms. The molecule has 1 saturated heterocycles. The average molecular weight is 365 g/mol. The van der Waals surface area contributed by atoms with Crippen LogP contribution in [0.3, 0.4) is 0 Å². The van der Waals surface area contributed by atoms with Crippen LogP contribution in [0.5, 0.6) is 0 Å². The van der Waals surface area contributed by atoms with Crippen LogP contribution in [0.4, 0.5) is 17.2 Å². The van der Waals surface area contributed by atoms with E-state index in [2.05, 4.69) is 10.5 Å². The molecule has 0 unspecified atom stereocenters. The van der Waals surface area contributed by atoms with Gasteiger partial charge in [0.05, 0.1) is 4.92 Å². The molecule has 0 aliphatic carbocycles. The first-order chi connectivity index (χ1) is 11.9. The molecule has 1 aliphatic rings. The molecule has 1 aliphatic heterocycles. The van der Waals surface area contributed by atoms with E-state index in [1.807, 2.05) is 4.90 Å². The number of anilines is 2. The normalized spacial score (nSPS) is 15.2. The minimum Gasteiger partial charge on any atom is -0.366 e. The summed E-state index contributed by atoms with van der Waals surface area (Å²) in [6, 6.07) is 6.29. The van der Waals surface area contributed by atoms with Crippen molar-refractivity contribution in [1.29, 1.82) is 0 Å². The van der Waals surface area contributed by atoms with Gasteiger partial charge in [-0.25, -0.2) is 0 Å². The summed E-state index contributed by atoms with van der Waals surface area (Å²) in [6.45, 7) is 2.86. The van der Waals surface area contributed by atoms with Gasteiger partial charge >= 0.3 is 0 Å². The number of aryl methyl sites for hydroxylation is 1. The van der Waals surface area contributed by atoms with Crippen LogP contribution in [0.2, 0.25) is 5.02 Å². The van der Waals surface area contributed by atoms with Gasteiger partial charge in [-0.05, 0) is 31.9 Å². The molecule has 2 heterocycles. The number of nitro benzene ring substituents is 1. The molecule has 2 aromatic rings. The molecule has 0 bridgehead atoms. The second-order valence-electron chi connectivity index (χ2n) is 5.96. The first kappa shape index (κ1) is 17.2. The molecule has 3 rings (SSSR count). The van der Waals surface area contributed by atoms with Crippen molar-refractivity contribution in [3.05, 3.63) is 45.2 Å². The Balaban J connectivity index is 1.64. The number of amides is 1. The topological polar surface area (TPSA) is 102 Å². The Labute approximate surface area is 148 Å². The van der Waals surface area contributed by atoms with Crippen LogP contribution in [-0.4, -0.2) is 29.1 Å². The lowest BCUT2D eigenvalue weighted by Crippen LogP contribution is -2.38. The number of hydrogen-bond acceptors (Lipinski definition) is 6. The predicted octanol–water partition coefficient (Wildman–Crippen LogP) is 3.40. The molecule has 1 amide bonds. The zero-order valence-corrected chi connectivity index (χ0v) is 14.3. The summed E-state index contributed by atoms with van der Waals surface area (Å²) in [5.41, 5.74) is 0.508. The molecule has 0 saturated carbocycles. The molecule has 25 heavy (non-hydrogen) atoms. The van der Waals surface area contributed by atoms with Gasteiger partial charge in [-0.1, -0.05) is 16.8 Å². The fourth-order valence-electron chi connectivity index (χ4n) is 2.95. The molecule has 8 nitrogen and oxygen atoms in total. The van der Waals surface area contributed by atoms with Crippen molar-refractivity contribution < 1.29 is 14.2 Å². The Kier molecular flexibility index (Phi) is 4.89. The smallest absolute Gasteiger partial charge is 0.294 e. The molecule has 1 aromatic carbocycles. The molecule has 0 spiro atoms. The van der Waals surface area contributed by atoms with E-state index in [0.29, 0.717) is 48.2 Å². The van der Waals surface area contributed by atoms with E-state index < -0.39 is 4.92 Å².